The van der Waals surface area contributed by atoms with Gasteiger partial charge in [0.1, 0.15) is 10.0 Å². The maximum Gasteiger partial charge on any atom is 0.257 e. The first-order valence-electron chi connectivity index (χ1n) is 9.36. The van der Waals surface area contributed by atoms with E-state index in [1.807, 2.05) is 18.2 Å². The molecule has 3 aromatic rings. The van der Waals surface area contributed by atoms with Crippen molar-refractivity contribution in [2.45, 2.75) is 38.5 Å². The van der Waals surface area contributed by atoms with Crippen molar-refractivity contribution in [2.75, 3.05) is 10.6 Å². The maximum atomic E-state index is 12.3. The Kier molecular flexibility index (Phi) is 5.91. The molecular weight excluding hydrogens is 408 g/mol. The lowest BCUT2D eigenvalue weighted by molar-refractivity contribution is -0.114. The number of rotatable bonds is 6. The Bertz CT molecular complexity index is 1000. The number of hydrogen-bond acceptors (Lipinski definition) is 8. The van der Waals surface area contributed by atoms with Crippen LogP contribution in [0.5, 0.6) is 0 Å². The minimum absolute atomic E-state index is 0.139. The quantitative estimate of drug-likeness (QED) is 0.619. The average molecular weight is 429 g/mol. The first-order valence-corrected chi connectivity index (χ1v) is 11.0. The number of nitrogens with one attached hydrogen (secondary N) is 2. The van der Waals surface area contributed by atoms with E-state index in [0.29, 0.717) is 27.7 Å². The number of benzene rings is 1. The number of aromatic nitrogens is 4. The predicted molar refractivity (Wildman–Crippen MR) is 112 cm³/mol. The summed E-state index contributed by atoms with van der Waals surface area (Å²) in [6, 6.07) is 9.07. The lowest BCUT2D eigenvalue weighted by Gasteiger charge is -2.06. The molecule has 4 rings (SSSR count). The van der Waals surface area contributed by atoms with Gasteiger partial charge in [-0.1, -0.05) is 40.9 Å². The topological polar surface area (TPSA) is 110 Å². The van der Waals surface area contributed by atoms with Gasteiger partial charge in [0, 0.05) is 24.8 Å². The molecular formula is C19H20N6O2S2. The smallest absolute Gasteiger partial charge is 0.257 e. The molecule has 2 aromatic heterocycles. The van der Waals surface area contributed by atoms with Gasteiger partial charge < -0.3 is 5.32 Å². The van der Waals surface area contributed by atoms with Crippen LogP contribution in [-0.4, -0.2) is 32.2 Å². The number of nitrogens with zero attached hydrogens (tertiary/aromatic N) is 4. The van der Waals surface area contributed by atoms with Crippen molar-refractivity contribution in [2.24, 2.45) is 5.92 Å². The van der Waals surface area contributed by atoms with E-state index < -0.39 is 0 Å². The van der Waals surface area contributed by atoms with Crippen LogP contribution in [0.4, 0.5) is 10.3 Å². The van der Waals surface area contributed by atoms with Crippen molar-refractivity contribution in [1.82, 2.24) is 20.4 Å². The van der Waals surface area contributed by atoms with Crippen molar-refractivity contribution in [3.8, 4) is 0 Å². The molecule has 1 aliphatic carbocycles. The Morgan fingerprint density at radius 2 is 1.76 bits per heavy atom. The molecule has 2 N–H and O–H groups in total. The summed E-state index contributed by atoms with van der Waals surface area (Å²) in [6.45, 7) is 1.46. The molecule has 1 aliphatic rings. The molecule has 0 bridgehead atoms. The normalized spacial score (nSPS) is 18.5. The van der Waals surface area contributed by atoms with Gasteiger partial charge in [-0.3, -0.25) is 14.9 Å². The van der Waals surface area contributed by atoms with Crippen molar-refractivity contribution in [3.63, 3.8) is 0 Å². The van der Waals surface area contributed by atoms with Gasteiger partial charge in [-0.25, -0.2) is 0 Å². The lowest BCUT2D eigenvalue weighted by atomic mass is 10.0. The van der Waals surface area contributed by atoms with Crippen LogP contribution in [0, 0.1) is 5.92 Å². The number of anilines is 2. The van der Waals surface area contributed by atoms with E-state index >= 15 is 0 Å². The molecule has 29 heavy (non-hydrogen) atoms. The molecule has 2 atom stereocenters. The highest BCUT2D eigenvalue weighted by atomic mass is 32.1. The zero-order valence-corrected chi connectivity index (χ0v) is 17.4. The fraction of sp³-hybridized carbons (Fsp3) is 0.368. The van der Waals surface area contributed by atoms with E-state index in [-0.39, 0.29) is 11.8 Å². The summed E-state index contributed by atoms with van der Waals surface area (Å²) >= 11 is 2.87. The second-order valence-electron chi connectivity index (χ2n) is 7.03. The fourth-order valence-electron chi connectivity index (χ4n) is 3.48. The highest BCUT2D eigenvalue weighted by Crippen LogP contribution is 2.41. The summed E-state index contributed by atoms with van der Waals surface area (Å²) in [5.74, 6) is 0.538. The number of carbonyl (C=O) groups is 2. The van der Waals surface area contributed by atoms with Gasteiger partial charge in [0.15, 0.2) is 0 Å². The van der Waals surface area contributed by atoms with Crippen molar-refractivity contribution in [1.29, 1.82) is 0 Å². The van der Waals surface area contributed by atoms with Crippen LogP contribution in [0.3, 0.4) is 0 Å². The molecule has 0 unspecified atom stereocenters. The summed E-state index contributed by atoms with van der Waals surface area (Å²) in [6.07, 6.45) is 3.99. The Morgan fingerprint density at radius 3 is 2.55 bits per heavy atom. The molecule has 2 amide bonds. The molecule has 0 spiro atoms. The molecule has 1 fully saturated rings. The fourth-order valence-corrected chi connectivity index (χ4v) is 5.26. The standard InChI is InChI=1S/C19H20N6O2S2/c1-11(26)20-18-24-22-15(28-18)10-12-7-8-14(9-12)17-23-25-19(29-17)21-16(27)13-5-3-2-4-6-13/h2-6,12,14H,7-10H2,1H3,(H,20,24,26)(H,21,25,27)/t12-,14+/m0/s1. The van der Waals surface area contributed by atoms with Gasteiger partial charge in [-0.15, -0.1) is 20.4 Å². The van der Waals surface area contributed by atoms with Crippen molar-refractivity contribution in [3.05, 3.63) is 45.9 Å². The van der Waals surface area contributed by atoms with Crippen LogP contribution in [0.1, 0.15) is 52.5 Å². The summed E-state index contributed by atoms with van der Waals surface area (Å²) in [5, 5.41) is 25.1. The van der Waals surface area contributed by atoms with E-state index in [9.17, 15) is 9.59 Å². The Hall–Kier alpha value is -2.72. The van der Waals surface area contributed by atoms with Crippen LogP contribution < -0.4 is 10.6 Å². The van der Waals surface area contributed by atoms with Gasteiger partial charge in [-0.2, -0.15) is 0 Å². The first kappa shape index (κ1) is 19.6. The van der Waals surface area contributed by atoms with E-state index in [0.717, 1.165) is 35.7 Å². The minimum Gasteiger partial charge on any atom is -0.301 e. The van der Waals surface area contributed by atoms with Crippen molar-refractivity contribution < 1.29 is 9.59 Å². The van der Waals surface area contributed by atoms with Crippen LogP contribution in [0.2, 0.25) is 0 Å². The molecule has 8 nitrogen and oxygen atoms in total. The average Bonchev–Trinajstić information content (AvgIpc) is 3.44. The second kappa shape index (κ2) is 8.75. The van der Waals surface area contributed by atoms with Crippen LogP contribution in [0.15, 0.2) is 30.3 Å². The largest absolute Gasteiger partial charge is 0.301 e. The number of hydrogen-bond donors (Lipinski definition) is 2. The van der Waals surface area contributed by atoms with Gasteiger partial charge in [-0.05, 0) is 37.3 Å². The first-order chi connectivity index (χ1) is 14.1. The Labute approximate surface area is 175 Å². The maximum absolute atomic E-state index is 12.3. The van der Waals surface area contributed by atoms with E-state index in [4.69, 9.17) is 0 Å². The third kappa shape index (κ3) is 5.01. The van der Waals surface area contributed by atoms with E-state index in [2.05, 4.69) is 31.0 Å². The van der Waals surface area contributed by atoms with Gasteiger partial charge in [0.2, 0.25) is 16.2 Å². The Balaban J connectivity index is 1.32. The van der Waals surface area contributed by atoms with Gasteiger partial charge >= 0.3 is 0 Å². The molecule has 10 heteroatoms. The van der Waals surface area contributed by atoms with Crippen molar-refractivity contribution >= 4 is 44.8 Å². The van der Waals surface area contributed by atoms with Gasteiger partial charge in [0.05, 0.1) is 0 Å². The zero-order valence-electron chi connectivity index (χ0n) is 15.8. The number of amides is 2. The van der Waals surface area contributed by atoms with Crippen LogP contribution >= 0.6 is 22.7 Å². The molecule has 2 heterocycles. The molecule has 0 radical (unpaired) electrons. The predicted octanol–water partition coefficient (Wildman–Crippen LogP) is 3.73. The van der Waals surface area contributed by atoms with Crippen LogP contribution in [0.25, 0.3) is 0 Å². The van der Waals surface area contributed by atoms with E-state index in [1.54, 1.807) is 12.1 Å². The lowest BCUT2D eigenvalue weighted by Crippen LogP contribution is -2.11. The molecule has 0 aliphatic heterocycles. The summed E-state index contributed by atoms with van der Waals surface area (Å²) in [7, 11) is 0. The highest BCUT2D eigenvalue weighted by molar-refractivity contribution is 7.15. The number of carbonyl (C=O) groups excluding carboxylic acids is 2. The summed E-state index contributed by atoms with van der Waals surface area (Å²) < 4.78 is 0. The summed E-state index contributed by atoms with van der Waals surface area (Å²) in [4.78, 5) is 23.4. The second-order valence-corrected chi connectivity index (χ2v) is 9.10. The SMILES string of the molecule is CC(=O)Nc1nnc(C[C@H]2CC[C@@H](c3nnc(NC(=O)c4ccccc4)s3)C2)s1. The monoisotopic (exact) mass is 428 g/mol. The molecule has 150 valence electrons. The molecule has 1 aromatic carbocycles. The zero-order chi connectivity index (χ0) is 20.2. The highest BCUT2D eigenvalue weighted by Gasteiger charge is 2.29. The van der Waals surface area contributed by atoms with E-state index in [1.165, 1.54) is 29.6 Å². The van der Waals surface area contributed by atoms with Crippen LogP contribution in [-0.2, 0) is 11.2 Å². The third-order valence-corrected chi connectivity index (χ3v) is 6.66. The molecule has 0 saturated heterocycles. The minimum atomic E-state index is -0.177. The Morgan fingerprint density at radius 1 is 1.00 bits per heavy atom. The third-order valence-electron chi connectivity index (χ3n) is 4.80. The summed E-state index contributed by atoms with van der Waals surface area (Å²) in [5.41, 5.74) is 0.598. The van der Waals surface area contributed by atoms with Gasteiger partial charge in [0.25, 0.3) is 5.91 Å². The molecule has 1 saturated carbocycles.